The molecule has 0 bridgehead atoms. The molecule has 0 saturated heterocycles. The molecule has 1 aromatic rings. The summed E-state index contributed by atoms with van der Waals surface area (Å²) in [6.07, 6.45) is 0. The van der Waals surface area contributed by atoms with Gasteiger partial charge in [0.2, 0.25) is 0 Å². The van der Waals surface area contributed by atoms with Crippen molar-refractivity contribution in [3.63, 3.8) is 0 Å². The van der Waals surface area contributed by atoms with Crippen molar-refractivity contribution in [2.24, 2.45) is 0 Å². The van der Waals surface area contributed by atoms with Gasteiger partial charge in [-0.15, -0.1) is 0 Å². The summed E-state index contributed by atoms with van der Waals surface area (Å²) in [5.74, 6) is 1.68. The van der Waals surface area contributed by atoms with Gasteiger partial charge < -0.3 is 19.5 Å². The highest BCUT2D eigenvalue weighted by Crippen LogP contribution is 2.30. The average molecular weight is 253 g/mol. The summed E-state index contributed by atoms with van der Waals surface area (Å²) in [4.78, 5) is 0. The van der Waals surface area contributed by atoms with Crippen molar-refractivity contribution in [2.45, 2.75) is 26.8 Å². The van der Waals surface area contributed by atoms with Crippen LogP contribution >= 0.6 is 0 Å². The largest absolute Gasteiger partial charge is 0.494 e. The van der Waals surface area contributed by atoms with Crippen molar-refractivity contribution >= 4 is 5.69 Å². The molecule has 0 spiro atoms. The molecule has 0 amide bonds. The Morgan fingerprint density at radius 3 is 2.50 bits per heavy atom. The maximum absolute atomic E-state index is 5.59. The van der Waals surface area contributed by atoms with Crippen LogP contribution in [0.4, 0.5) is 5.69 Å². The summed E-state index contributed by atoms with van der Waals surface area (Å²) in [5.41, 5.74) is 0.937. The highest BCUT2D eigenvalue weighted by Gasteiger charge is 2.09. The fourth-order valence-corrected chi connectivity index (χ4v) is 1.72. The molecular weight excluding hydrogens is 230 g/mol. The second kappa shape index (κ2) is 7.82. The van der Waals surface area contributed by atoms with Gasteiger partial charge in [0.1, 0.15) is 11.5 Å². The van der Waals surface area contributed by atoms with Crippen molar-refractivity contribution in [3.05, 3.63) is 18.2 Å². The smallest absolute Gasteiger partial charge is 0.142 e. The number of anilines is 1. The normalized spacial score (nSPS) is 12.0. The molecule has 18 heavy (non-hydrogen) atoms. The molecule has 0 aliphatic carbocycles. The molecule has 1 N–H and O–H groups in total. The number of nitrogens with one attached hydrogen (secondary N) is 1. The third-order valence-electron chi connectivity index (χ3n) is 2.38. The Hall–Kier alpha value is -1.42. The predicted molar refractivity (Wildman–Crippen MR) is 73.7 cm³/mol. The lowest BCUT2D eigenvalue weighted by atomic mass is 10.2. The third-order valence-corrected chi connectivity index (χ3v) is 2.38. The molecule has 0 radical (unpaired) electrons. The summed E-state index contributed by atoms with van der Waals surface area (Å²) in [6, 6.07) is 6.02. The second-order valence-corrected chi connectivity index (χ2v) is 4.02. The molecule has 0 aromatic heterocycles. The first kappa shape index (κ1) is 14.6. The standard InChI is InChI=1S/C14H23NO3/c1-5-17-12-7-8-14(18-6-2)13(9-12)15-11(3)10-16-4/h7-9,11,15H,5-6,10H2,1-4H3. The minimum absolute atomic E-state index is 0.214. The zero-order chi connectivity index (χ0) is 13.4. The fourth-order valence-electron chi connectivity index (χ4n) is 1.72. The van der Waals surface area contributed by atoms with Crippen LogP contribution in [0, 0.1) is 0 Å². The van der Waals surface area contributed by atoms with E-state index < -0.39 is 0 Å². The van der Waals surface area contributed by atoms with E-state index in [4.69, 9.17) is 14.2 Å². The number of methoxy groups -OCH3 is 1. The van der Waals surface area contributed by atoms with E-state index in [0.29, 0.717) is 19.8 Å². The van der Waals surface area contributed by atoms with E-state index in [9.17, 15) is 0 Å². The van der Waals surface area contributed by atoms with Crippen LogP contribution in [0.1, 0.15) is 20.8 Å². The molecule has 4 nitrogen and oxygen atoms in total. The number of benzene rings is 1. The van der Waals surface area contributed by atoms with Crippen molar-refractivity contribution < 1.29 is 14.2 Å². The van der Waals surface area contributed by atoms with Gasteiger partial charge in [0.15, 0.2) is 0 Å². The molecule has 1 atom stereocenters. The van der Waals surface area contributed by atoms with E-state index in [2.05, 4.69) is 12.2 Å². The van der Waals surface area contributed by atoms with E-state index in [1.54, 1.807) is 7.11 Å². The lowest BCUT2D eigenvalue weighted by molar-refractivity contribution is 0.190. The van der Waals surface area contributed by atoms with Crippen LogP contribution in [0.3, 0.4) is 0 Å². The summed E-state index contributed by atoms with van der Waals surface area (Å²) in [7, 11) is 1.69. The van der Waals surface area contributed by atoms with E-state index in [0.717, 1.165) is 17.2 Å². The number of ether oxygens (including phenoxy) is 3. The maximum atomic E-state index is 5.59. The van der Waals surface area contributed by atoms with Gasteiger partial charge >= 0.3 is 0 Å². The Balaban J connectivity index is 2.84. The van der Waals surface area contributed by atoms with Gasteiger partial charge in [-0.25, -0.2) is 0 Å². The molecule has 1 aromatic carbocycles. The van der Waals surface area contributed by atoms with Crippen molar-refractivity contribution in [3.8, 4) is 11.5 Å². The van der Waals surface area contributed by atoms with Crippen LogP contribution in [-0.4, -0.2) is 33.0 Å². The van der Waals surface area contributed by atoms with Crippen LogP contribution in [0.25, 0.3) is 0 Å². The van der Waals surface area contributed by atoms with Gasteiger partial charge in [0.25, 0.3) is 0 Å². The summed E-state index contributed by atoms with van der Waals surface area (Å²) in [6.45, 7) is 7.94. The number of hydrogen-bond donors (Lipinski definition) is 1. The van der Waals surface area contributed by atoms with Crippen molar-refractivity contribution in [1.82, 2.24) is 0 Å². The van der Waals surface area contributed by atoms with Crippen LogP contribution in [0.5, 0.6) is 11.5 Å². The topological polar surface area (TPSA) is 39.7 Å². The molecular formula is C14H23NO3. The maximum Gasteiger partial charge on any atom is 0.142 e. The minimum Gasteiger partial charge on any atom is -0.494 e. The third kappa shape index (κ3) is 4.45. The van der Waals surface area contributed by atoms with E-state index in [1.807, 2.05) is 32.0 Å². The van der Waals surface area contributed by atoms with E-state index >= 15 is 0 Å². The molecule has 0 heterocycles. The monoisotopic (exact) mass is 253 g/mol. The van der Waals surface area contributed by atoms with Crippen LogP contribution in [-0.2, 0) is 4.74 Å². The van der Waals surface area contributed by atoms with Crippen LogP contribution < -0.4 is 14.8 Å². The highest BCUT2D eigenvalue weighted by atomic mass is 16.5. The molecule has 0 aliphatic rings. The van der Waals surface area contributed by atoms with E-state index in [1.165, 1.54) is 0 Å². The molecule has 4 heteroatoms. The lowest BCUT2D eigenvalue weighted by Crippen LogP contribution is -2.21. The van der Waals surface area contributed by atoms with Crippen molar-refractivity contribution in [2.75, 3.05) is 32.2 Å². The van der Waals surface area contributed by atoms with Crippen LogP contribution in [0.15, 0.2) is 18.2 Å². The molecule has 0 aliphatic heterocycles. The molecule has 1 unspecified atom stereocenters. The molecule has 0 fully saturated rings. The summed E-state index contributed by atoms with van der Waals surface area (Å²) in [5, 5.41) is 3.37. The van der Waals surface area contributed by atoms with Gasteiger partial charge in [-0.3, -0.25) is 0 Å². The number of rotatable bonds is 8. The van der Waals surface area contributed by atoms with Crippen LogP contribution in [0.2, 0.25) is 0 Å². The Kier molecular flexibility index (Phi) is 6.36. The SMILES string of the molecule is CCOc1ccc(OCC)c(NC(C)COC)c1. The van der Waals surface area contributed by atoms with Gasteiger partial charge in [-0.05, 0) is 32.9 Å². The van der Waals surface area contributed by atoms with Gasteiger partial charge in [0.05, 0.1) is 25.5 Å². The molecule has 1 rings (SSSR count). The first-order valence-corrected chi connectivity index (χ1v) is 6.36. The molecule has 0 saturated carbocycles. The Morgan fingerprint density at radius 2 is 1.89 bits per heavy atom. The predicted octanol–water partition coefficient (Wildman–Crippen LogP) is 2.93. The highest BCUT2D eigenvalue weighted by molar-refractivity contribution is 5.60. The fraction of sp³-hybridized carbons (Fsp3) is 0.571. The first-order valence-electron chi connectivity index (χ1n) is 6.36. The zero-order valence-corrected chi connectivity index (χ0v) is 11.7. The Morgan fingerprint density at radius 1 is 1.17 bits per heavy atom. The van der Waals surface area contributed by atoms with E-state index in [-0.39, 0.29) is 6.04 Å². The summed E-state index contributed by atoms with van der Waals surface area (Å²) >= 11 is 0. The Bertz CT molecular complexity index is 355. The van der Waals surface area contributed by atoms with Gasteiger partial charge in [-0.2, -0.15) is 0 Å². The van der Waals surface area contributed by atoms with Crippen molar-refractivity contribution in [1.29, 1.82) is 0 Å². The lowest BCUT2D eigenvalue weighted by Gasteiger charge is -2.18. The van der Waals surface area contributed by atoms with Gasteiger partial charge in [-0.1, -0.05) is 0 Å². The summed E-state index contributed by atoms with van der Waals surface area (Å²) < 4.78 is 16.2. The zero-order valence-electron chi connectivity index (χ0n) is 11.7. The van der Waals surface area contributed by atoms with Gasteiger partial charge in [0, 0.05) is 19.2 Å². The number of hydrogen-bond acceptors (Lipinski definition) is 4. The quantitative estimate of drug-likeness (QED) is 0.773. The first-order chi connectivity index (χ1) is 8.71. The second-order valence-electron chi connectivity index (χ2n) is 4.02. The average Bonchev–Trinajstić information content (AvgIpc) is 2.33. The Labute approximate surface area is 109 Å². The minimum atomic E-state index is 0.214. The molecule has 102 valence electrons.